The minimum absolute atomic E-state index is 0.248. The summed E-state index contributed by atoms with van der Waals surface area (Å²) < 4.78 is 0.815. The first kappa shape index (κ1) is 19.6. The van der Waals surface area contributed by atoms with Crippen LogP contribution in [-0.4, -0.2) is 16.1 Å². The fourth-order valence-electron chi connectivity index (χ4n) is 2.77. The Kier molecular flexibility index (Phi) is 6.24. The molecule has 1 amide bonds. The average molecular weight is 438 g/mol. The Labute approximate surface area is 181 Å². The third-order valence-electron chi connectivity index (χ3n) is 4.16. The molecule has 0 fully saturated rings. The highest BCUT2D eigenvalue weighted by molar-refractivity contribution is 8.00. The van der Waals surface area contributed by atoms with Crippen LogP contribution in [0.25, 0.3) is 16.8 Å². The zero-order chi connectivity index (χ0) is 20.1. The number of anilines is 1. The molecule has 4 nitrogen and oxygen atoms in total. The van der Waals surface area contributed by atoms with Crippen LogP contribution < -0.4 is 5.32 Å². The third kappa shape index (κ3) is 5.23. The molecule has 4 rings (SSSR count). The quantitative estimate of drug-likeness (QED) is 0.219. The van der Waals surface area contributed by atoms with Crippen molar-refractivity contribution in [3.63, 3.8) is 0 Å². The lowest BCUT2D eigenvalue weighted by molar-refractivity contribution is -0.111. The molecule has 0 saturated carbocycles. The molecule has 144 valence electrons. The number of fused-ring (bicyclic) bond motifs is 1. The van der Waals surface area contributed by atoms with Crippen LogP contribution >= 0.6 is 34.7 Å². The molecule has 0 spiro atoms. The maximum Gasteiger partial charge on any atom is 0.250 e. The van der Waals surface area contributed by atoms with Gasteiger partial charge in [0, 0.05) is 16.9 Å². The van der Waals surface area contributed by atoms with E-state index in [4.69, 9.17) is 11.6 Å². The molecule has 0 aliphatic carbocycles. The maximum atomic E-state index is 12.1. The topological polar surface area (TPSA) is 54.9 Å². The van der Waals surface area contributed by atoms with E-state index in [0.717, 1.165) is 15.7 Å². The first-order valence-corrected chi connectivity index (χ1v) is 11.0. The SMILES string of the molecule is O=C(C=Cc1ccc(Cl)cc1)Nc1nnc(SCc2cccc3ccccc23)s1. The number of nitrogens with zero attached hydrogens (tertiary/aromatic N) is 2. The number of carbonyl (C=O) groups is 1. The predicted molar refractivity (Wildman–Crippen MR) is 123 cm³/mol. The van der Waals surface area contributed by atoms with Gasteiger partial charge in [0.25, 0.3) is 0 Å². The van der Waals surface area contributed by atoms with Crippen molar-refractivity contribution in [3.8, 4) is 0 Å². The second kappa shape index (κ2) is 9.22. The van der Waals surface area contributed by atoms with Gasteiger partial charge in [-0.25, -0.2) is 0 Å². The standard InChI is InChI=1S/C22H16ClN3OS2/c23-18-11-8-15(9-12-18)10-13-20(27)24-21-25-26-22(29-21)28-14-17-6-3-5-16-4-1-2-7-19(16)17/h1-13H,14H2,(H,24,25,27). The van der Waals surface area contributed by atoms with E-state index in [0.29, 0.717) is 10.2 Å². The van der Waals surface area contributed by atoms with Crippen molar-refractivity contribution in [2.24, 2.45) is 0 Å². The number of thioether (sulfide) groups is 1. The van der Waals surface area contributed by atoms with Gasteiger partial charge in [0.05, 0.1) is 0 Å². The summed E-state index contributed by atoms with van der Waals surface area (Å²) >= 11 is 8.84. The molecule has 0 aliphatic rings. The zero-order valence-corrected chi connectivity index (χ0v) is 17.6. The molecule has 1 aromatic heterocycles. The van der Waals surface area contributed by atoms with Crippen LogP contribution in [0, 0.1) is 0 Å². The van der Waals surface area contributed by atoms with Crippen molar-refractivity contribution in [2.45, 2.75) is 10.1 Å². The van der Waals surface area contributed by atoms with Crippen LogP contribution in [0.3, 0.4) is 0 Å². The lowest BCUT2D eigenvalue weighted by Gasteiger charge is -2.04. The van der Waals surface area contributed by atoms with Crippen LogP contribution in [0.15, 0.2) is 77.1 Å². The summed E-state index contributed by atoms with van der Waals surface area (Å²) in [6, 6.07) is 21.9. The Morgan fingerprint density at radius 2 is 1.83 bits per heavy atom. The molecule has 0 unspecified atom stereocenters. The number of carbonyl (C=O) groups excluding carboxylic acids is 1. The molecule has 7 heteroatoms. The molecule has 0 radical (unpaired) electrons. The fraction of sp³-hybridized carbons (Fsp3) is 0.0455. The molecule has 0 saturated heterocycles. The Morgan fingerprint density at radius 3 is 2.69 bits per heavy atom. The third-order valence-corrected chi connectivity index (χ3v) is 6.44. The molecular formula is C22H16ClN3OS2. The van der Waals surface area contributed by atoms with Crippen LogP contribution in [0.4, 0.5) is 5.13 Å². The number of amides is 1. The smallest absolute Gasteiger partial charge is 0.250 e. The molecule has 0 atom stereocenters. The van der Waals surface area contributed by atoms with Crippen LogP contribution in [0.2, 0.25) is 5.02 Å². The number of hydrogen-bond acceptors (Lipinski definition) is 5. The Balaban J connectivity index is 1.35. The highest BCUT2D eigenvalue weighted by atomic mass is 35.5. The Morgan fingerprint density at radius 1 is 1.03 bits per heavy atom. The zero-order valence-electron chi connectivity index (χ0n) is 15.2. The summed E-state index contributed by atoms with van der Waals surface area (Å²) in [7, 11) is 0. The van der Waals surface area contributed by atoms with Gasteiger partial charge in [-0.15, -0.1) is 10.2 Å². The van der Waals surface area contributed by atoms with Gasteiger partial charge in [0.2, 0.25) is 11.0 Å². The van der Waals surface area contributed by atoms with Crippen molar-refractivity contribution in [1.82, 2.24) is 10.2 Å². The minimum Gasteiger partial charge on any atom is -0.297 e. The number of nitrogens with one attached hydrogen (secondary N) is 1. The lowest BCUT2D eigenvalue weighted by Crippen LogP contribution is -2.07. The summed E-state index contributed by atoms with van der Waals surface area (Å²) in [5.41, 5.74) is 2.15. The van der Waals surface area contributed by atoms with Crippen molar-refractivity contribution in [3.05, 3.63) is 89.0 Å². The van der Waals surface area contributed by atoms with Gasteiger partial charge in [-0.1, -0.05) is 89.3 Å². The second-order valence-corrected chi connectivity index (χ2v) is 8.81. The minimum atomic E-state index is -0.248. The number of hydrogen-bond donors (Lipinski definition) is 1. The summed E-state index contributed by atoms with van der Waals surface area (Å²) in [4.78, 5) is 12.1. The first-order chi connectivity index (χ1) is 14.2. The fourth-order valence-corrected chi connectivity index (χ4v) is 4.65. The maximum absolute atomic E-state index is 12.1. The lowest BCUT2D eigenvalue weighted by atomic mass is 10.1. The predicted octanol–water partition coefficient (Wildman–Crippen LogP) is 6.29. The van der Waals surface area contributed by atoms with E-state index in [-0.39, 0.29) is 5.91 Å². The van der Waals surface area contributed by atoms with Gasteiger partial charge < -0.3 is 0 Å². The molecule has 3 aromatic carbocycles. The summed E-state index contributed by atoms with van der Waals surface area (Å²) in [6.07, 6.45) is 3.19. The van der Waals surface area contributed by atoms with Gasteiger partial charge in [-0.05, 0) is 40.1 Å². The molecule has 0 aliphatic heterocycles. The van der Waals surface area contributed by atoms with E-state index in [1.165, 1.54) is 33.7 Å². The van der Waals surface area contributed by atoms with Crippen LogP contribution in [-0.2, 0) is 10.5 Å². The van der Waals surface area contributed by atoms with Gasteiger partial charge >= 0.3 is 0 Å². The molecule has 4 aromatic rings. The second-order valence-electron chi connectivity index (χ2n) is 6.17. The largest absolute Gasteiger partial charge is 0.297 e. The van der Waals surface area contributed by atoms with Crippen LogP contribution in [0.1, 0.15) is 11.1 Å². The van der Waals surface area contributed by atoms with E-state index in [1.807, 2.05) is 24.3 Å². The monoisotopic (exact) mass is 437 g/mol. The molecule has 0 bridgehead atoms. The molecular weight excluding hydrogens is 422 g/mol. The normalized spacial score (nSPS) is 11.2. The van der Waals surface area contributed by atoms with E-state index in [2.05, 4.69) is 45.8 Å². The van der Waals surface area contributed by atoms with E-state index in [1.54, 1.807) is 30.0 Å². The van der Waals surface area contributed by atoms with Gasteiger partial charge in [-0.3, -0.25) is 10.1 Å². The number of benzene rings is 3. The number of halogens is 1. The summed E-state index contributed by atoms with van der Waals surface area (Å²) in [5.74, 6) is 0.544. The van der Waals surface area contributed by atoms with Crippen molar-refractivity contribution >= 4 is 62.6 Å². The van der Waals surface area contributed by atoms with Gasteiger partial charge in [-0.2, -0.15) is 0 Å². The Hall–Kier alpha value is -2.67. The summed E-state index contributed by atoms with van der Waals surface area (Å²) in [6.45, 7) is 0. The van der Waals surface area contributed by atoms with Crippen LogP contribution in [0.5, 0.6) is 0 Å². The molecule has 1 heterocycles. The number of rotatable bonds is 6. The van der Waals surface area contributed by atoms with Gasteiger partial charge in [0.15, 0.2) is 4.34 Å². The summed E-state index contributed by atoms with van der Waals surface area (Å²) in [5, 5.41) is 14.6. The van der Waals surface area contributed by atoms with E-state index >= 15 is 0 Å². The highest BCUT2D eigenvalue weighted by Gasteiger charge is 2.08. The highest BCUT2D eigenvalue weighted by Crippen LogP contribution is 2.30. The Bertz CT molecular complexity index is 1170. The van der Waals surface area contributed by atoms with Crippen molar-refractivity contribution in [1.29, 1.82) is 0 Å². The van der Waals surface area contributed by atoms with E-state index in [9.17, 15) is 4.79 Å². The van der Waals surface area contributed by atoms with Crippen molar-refractivity contribution < 1.29 is 4.79 Å². The van der Waals surface area contributed by atoms with Crippen molar-refractivity contribution in [2.75, 3.05) is 5.32 Å². The number of aromatic nitrogens is 2. The van der Waals surface area contributed by atoms with Gasteiger partial charge in [0.1, 0.15) is 0 Å². The average Bonchev–Trinajstić information content (AvgIpc) is 3.19. The first-order valence-electron chi connectivity index (χ1n) is 8.85. The molecule has 29 heavy (non-hydrogen) atoms. The molecule has 1 N–H and O–H groups in total. The van der Waals surface area contributed by atoms with E-state index < -0.39 is 0 Å².